The van der Waals surface area contributed by atoms with Crippen LogP contribution in [0.4, 0.5) is 0 Å². The Morgan fingerprint density at radius 1 is 0.958 bits per heavy atom. The lowest BCUT2D eigenvalue weighted by molar-refractivity contribution is 0.0696. The molecule has 0 atom stereocenters. The minimum Gasteiger partial charge on any atom is -0.478 e. The lowest BCUT2D eigenvalue weighted by Gasteiger charge is -2.26. The van der Waals surface area contributed by atoms with Crippen LogP contribution in [-0.2, 0) is 17.3 Å². The summed E-state index contributed by atoms with van der Waals surface area (Å²) in [4.78, 5) is 15.5. The van der Waals surface area contributed by atoms with E-state index < -0.39 is 5.97 Å². The van der Waals surface area contributed by atoms with E-state index in [0.717, 1.165) is 5.69 Å². The Balaban J connectivity index is 2.46. The van der Waals surface area contributed by atoms with Gasteiger partial charge < -0.3 is 5.11 Å². The maximum Gasteiger partial charge on any atom is 0.335 e. The molecule has 0 amide bonds. The van der Waals surface area contributed by atoms with Crippen molar-refractivity contribution in [2.45, 2.75) is 58.8 Å². The lowest BCUT2D eigenvalue weighted by Crippen LogP contribution is -2.17. The fourth-order valence-electron chi connectivity index (χ4n) is 2.58. The number of hydrogen-bond donors (Lipinski definition) is 1. The molecule has 0 bridgehead atoms. The van der Waals surface area contributed by atoms with Crippen LogP contribution in [-0.4, -0.2) is 16.1 Å². The lowest BCUT2D eigenvalue weighted by atomic mass is 9.79. The van der Waals surface area contributed by atoms with Gasteiger partial charge in [0.15, 0.2) is 0 Å². The normalized spacial score (nSPS) is 12.2. The molecule has 2 rings (SSSR count). The average molecular weight is 325 g/mol. The highest BCUT2D eigenvalue weighted by Crippen LogP contribution is 2.31. The average Bonchev–Trinajstić information content (AvgIpc) is 2.45. The fraction of sp³-hybridized carbons (Fsp3) is 0.429. The second-order valence-corrected chi connectivity index (χ2v) is 8.44. The van der Waals surface area contributed by atoms with E-state index in [2.05, 4.69) is 64.7 Å². The van der Waals surface area contributed by atoms with E-state index in [4.69, 9.17) is 5.11 Å². The molecular formula is C21H27NO2. The molecular weight excluding hydrogens is 298 g/mol. The molecule has 2 aromatic rings. The number of aromatic carboxylic acids is 1. The van der Waals surface area contributed by atoms with Gasteiger partial charge in [-0.25, -0.2) is 4.79 Å². The van der Waals surface area contributed by atoms with E-state index in [9.17, 15) is 4.79 Å². The van der Waals surface area contributed by atoms with Gasteiger partial charge >= 0.3 is 5.97 Å². The van der Waals surface area contributed by atoms with Crippen molar-refractivity contribution in [3.05, 3.63) is 64.5 Å². The molecule has 0 fully saturated rings. The summed E-state index contributed by atoms with van der Waals surface area (Å²) in [6.07, 6.45) is 2.20. The molecule has 0 spiro atoms. The maximum absolute atomic E-state index is 11.1. The number of aromatic nitrogens is 1. The van der Waals surface area contributed by atoms with Crippen molar-refractivity contribution in [2.24, 2.45) is 0 Å². The molecule has 0 aliphatic heterocycles. The summed E-state index contributed by atoms with van der Waals surface area (Å²) < 4.78 is 0. The van der Waals surface area contributed by atoms with Crippen molar-refractivity contribution in [1.29, 1.82) is 0 Å². The molecule has 0 unspecified atom stereocenters. The van der Waals surface area contributed by atoms with Crippen molar-refractivity contribution in [1.82, 2.24) is 4.98 Å². The van der Waals surface area contributed by atoms with Gasteiger partial charge in [-0.3, -0.25) is 4.98 Å². The van der Waals surface area contributed by atoms with Crippen LogP contribution in [0.1, 0.15) is 74.3 Å². The molecule has 1 heterocycles. The van der Waals surface area contributed by atoms with Crippen molar-refractivity contribution >= 4 is 5.97 Å². The number of pyridine rings is 1. The number of hydrogen-bond acceptors (Lipinski definition) is 2. The minimum absolute atomic E-state index is 0.0619. The third kappa shape index (κ3) is 4.44. The van der Waals surface area contributed by atoms with Crippen LogP contribution in [0, 0.1) is 0 Å². The zero-order chi connectivity index (χ0) is 18.1. The van der Waals surface area contributed by atoms with E-state index >= 15 is 0 Å². The van der Waals surface area contributed by atoms with Crippen molar-refractivity contribution < 1.29 is 9.90 Å². The molecule has 0 aliphatic carbocycles. The van der Waals surface area contributed by atoms with Gasteiger partial charge in [-0.1, -0.05) is 59.7 Å². The predicted molar refractivity (Wildman–Crippen MR) is 97.8 cm³/mol. The van der Waals surface area contributed by atoms with Crippen LogP contribution in [0.3, 0.4) is 0 Å². The summed E-state index contributed by atoms with van der Waals surface area (Å²) in [5.41, 5.74) is 4.93. The first-order chi connectivity index (χ1) is 11.0. The monoisotopic (exact) mass is 325 g/mol. The maximum atomic E-state index is 11.1. The summed E-state index contributed by atoms with van der Waals surface area (Å²) >= 11 is 0. The van der Waals surface area contributed by atoms with Crippen molar-refractivity contribution in [3.8, 4) is 0 Å². The summed E-state index contributed by atoms with van der Waals surface area (Å²) in [6.45, 7) is 13.3. The first-order valence-electron chi connectivity index (χ1n) is 8.30. The van der Waals surface area contributed by atoms with Crippen LogP contribution >= 0.6 is 0 Å². The van der Waals surface area contributed by atoms with Crippen LogP contribution in [0.25, 0.3) is 0 Å². The number of carbonyl (C=O) groups is 1. The second-order valence-electron chi connectivity index (χ2n) is 8.44. The SMILES string of the molecule is CC(C)(C)c1cc(Cc2cc(C(=O)O)ccn2)cc(C(C)(C)C)c1. The molecule has 1 aromatic heterocycles. The van der Waals surface area contributed by atoms with E-state index in [1.807, 2.05) is 0 Å². The molecule has 0 saturated carbocycles. The van der Waals surface area contributed by atoms with Gasteiger partial charge in [0.05, 0.1) is 5.56 Å². The Morgan fingerprint density at radius 3 is 1.96 bits per heavy atom. The number of benzene rings is 1. The van der Waals surface area contributed by atoms with E-state index in [1.54, 1.807) is 12.3 Å². The summed E-state index contributed by atoms with van der Waals surface area (Å²) in [6, 6.07) is 9.89. The van der Waals surface area contributed by atoms with Crippen LogP contribution in [0.5, 0.6) is 0 Å². The van der Waals surface area contributed by atoms with Crippen LogP contribution < -0.4 is 0 Å². The summed E-state index contributed by atoms with van der Waals surface area (Å²) in [7, 11) is 0. The van der Waals surface area contributed by atoms with E-state index in [-0.39, 0.29) is 16.4 Å². The first-order valence-corrected chi connectivity index (χ1v) is 8.30. The third-order valence-corrected chi connectivity index (χ3v) is 4.17. The Bertz CT molecular complexity index is 717. The van der Waals surface area contributed by atoms with Gasteiger partial charge in [0.1, 0.15) is 0 Å². The molecule has 3 heteroatoms. The smallest absolute Gasteiger partial charge is 0.335 e. The molecule has 128 valence electrons. The van der Waals surface area contributed by atoms with Crippen molar-refractivity contribution in [3.63, 3.8) is 0 Å². The zero-order valence-corrected chi connectivity index (χ0v) is 15.5. The quantitative estimate of drug-likeness (QED) is 0.867. The highest BCUT2D eigenvalue weighted by Gasteiger charge is 2.20. The number of rotatable bonds is 3. The highest BCUT2D eigenvalue weighted by molar-refractivity contribution is 5.87. The van der Waals surface area contributed by atoms with Crippen LogP contribution in [0.15, 0.2) is 36.5 Å². The van der Waals surface area contributed by atoms with Crippen molar-refractivity contribution in [2.75, 3.05) is 0 Å². The number of carboxylic acid groups (broad SMARTS) is 1. The number of nitrogens with zero attached hydrogens (tertiary/aromatic N) is 1. The topological polar surface area (TPSA) is 50.2 Å². The third-order valence-electron chi connectivity index (χ3n) is 4.17. The van der Waals surface area contributed by atoms with Gasteiger partial charge in [0, 0.05) is 18.3 Å². The van der Waals surface area contributed by atoms with Gasteiger partial charge in [0.2, 0.25) is 0 Å². The predicted octanol–water partition coefficient (Wildman–Crippen LogP) is 4.97. The fourth-order valence-corrected chi connectivity index (χ4v) is 2.58. The van der Waals surface area contributed by atoms with Gasteiger partial charge in [0.25, 0.3) is 0 Å². The molecule has 24 heavy (non-hydrogen) atoms. The Morgan fingerprint density at radius 2 is 1.50 bits per heavy atom. The molecule has 0 radical (unpaired) electrons. The Kier molecular flexibility index (Phi) is 4.84. The molecule has 0 aliphatic rings. The van der Waals surface area contributed by atoms with Gasteiger partial charge in [-0.2, -0.15) is 0 Å². The van der Waals surface area contributed by atoms with E-state index in [0.29, 0.717) is 6.42 Å². The molecule has 3 nitrogen and oxygen atoms in total. The minimum atomic E-state index is -0.919. The second kappa shape index (κ2) is 6.39. The Labute approximate surface area is 144 Å². The van der Waals surface area contributed by atoms with Crippen LogP contribution in [0.2, 0.25) is 0 Å². The Hall–Kier alpha value is -2.16. The summed E-state index contributed by atoms with van der Waals surface area (Å²) in [5.74, 6) is -0.919. The standard InChI is InChI=1S/C21H27NO2/c1-20(2,3)16-9-14(10-17(13-16)21(4,5)6)11-18-12-15(19(23)24)7-8-22-18/h7-10,12-13H,11H2,1-6H3,(H,23,24). The van der Waals surface area contributed by atoms with E-state index in [1.165, 1.54) is 22.8 Å². The molecule has 1 aromatic carbocycles. The number of carboxylic acids is 1. The summed E-state index contributed by atoms with van der Waals surface area (Å²) in [5, 5.41) is 9.15. The van der Waals surface area contributed by atoms with Gasteiger partial charge in [-0.15, -0.1) is 0 Å². The highest BCUT2D eigenvalue weighted by atomic mass is 16.4. The van der Waals surface area contributed by atoms with Gasteiger partial charge in [-0.05, 0) is 39.7 Å². The largest absolute Gasteiger partial charge is 0.478 e. The first kappa shape index (κ1) is 18.2. The molecule has 0 saturated heterocycles. The molecule has 1 N–H and O–H groups in total. The zero-order valence-electron chi connectivity index (χ0n) is 15.5.